The molecule has 126 valence electrons. The minimum atomic E-state index is -0.660. The average molecular weight is 328 g/mol. The van der Waals surface area contributed by atoms with Gasteiger partial charge in [0.25, 0.3) is 0 Å². The van der Waals surface area contributed by atoms with Gasteiger partial charge in [-0.1, -0.05) is 18.2 Å². The quantitative estimate of drug-likeness (QED) is 0.597. The fraction of sp³-hybridized carbons (Fsp3) is 0.222. The first-order valence-electron chi connectivity index (χ1n) is 7.54. The maximum atomic E-state index is 13.5. The van der Waals surface area contributed by atoms with Crippen LogP contribution in [0.5, 0.6) is 0 Å². The topological polar surface area (TPSA) is 93.5 Å². The Morgan fingerprint density at radius 3 is 2.46 bits per heavy atom. The molecule has 6 heteroatoms. The molecule has 0 radical (unpaired) electrons. The molecule has 0 heterocycles. The van der Waals surface area contributed by atoms with Crippen LogP contribution in [0.4, 0.5) is 14.9 Å². The van der Waals surface area contributed by atoms with E-state index in [1.54, 1.807) is 19.1 Å². The number of nitrogens with one attached hydrogen (secondary N) is 1. The predicted molar refractivity (Wildman–Crippen MR) is 94.7 cm³/mol. The number of aryl methyl sites for hydroxylation is 2. The highest BCUT2D eigenvalue weighted by Crippen LogP contribution is 2.18. The fourth-order valence-electron chi connectivity index (χ4n) is 2.49. The van der Waals surface area contributed by atoms with E-state index in [4.69, 9.17) is 11.5 Å². The number of aliphatic imine (C=N–C) groups is 1. The Hall–Kier alpha value is -2.73. The van der Waals surface area contributed by atoms with Crippen molar-refractivity contribution in [3.63, 3.8) is 0 Å². The van der Waals surface area contributed by atoms with E-state index >= 15 is 0 Å². The number of carbonyl (C=O) groups is 1. The summed E-state index contributed by atoms with van der Waals surface area (Å²) < 4.78 is 13.5. The highest BCUT2D eigenvalue weighted by Gasteiger charge is 2.12. The number of anilines is 1. The second-order valence-corrected chi connectivity index (χ2v) is 5.64. The van der Waals surface area contributed by atoms with Gasteiger partial charge in [0, 0.05) is 17.8 Å². The van der Waals surface area contributed by atoms with Crippen LogP contribution in [0.15, 0.2) is 35.3 Å². The lowest BCUT2D eigenvalue weighted by Gasteiger charge is -2.13. The van der Waals surface area contributed by atoms with Crippen LogP contribution in [0.25, 0.3) is 0 Å². The second-order valence-electron chi connectivity index (χ2n) is 5.64. The lowest BCUT2D eigenvalue weighted by molar-refractivity contribution is 0.259. The maximum absolute atomic E-state index is 13.5. The van der Waals surface area contributed by atoms with Gasteiger partial charge in [-0.15, -0.1) is 0 Å². The molecule has 0 unspecified atom stereocenters. The van der Waals surface area contributed by atoms with Crippen molar-refractivity contribution in [2.24, 2.45) is 16.5 Å². The molecule has 0 aliphatic heterocycles. The van der Waals surface area contributed by atoms with Crippen molar-refractivity contribution >= 4 is 17.6 Å². The van der Waals surface area contributed by atoms with Crippen LogP contribution in [-0.4, -0.2) is 11.9 Å². The molecule has 0 saturated heterocycles. The molecule has 24 heavy (non-hydrogen) atoms. The summed E-state index contributed by atoms with van der Waals surface area (Å²) in [6.07, 6.45) is 0. The van der Waals surface area contributed by atoms with Gasteiger partial charge >= 0.3 is 6.03 Å². The van der Waals surface area contributed by atoms with E-state index in [0.29, 0.717) is 23.4 Å². The number of nitrogens with two attached hydrogens (primary N) is 2. The normalized spacial score (nSPS) is 11.5. The van der Waals surface area contributed by atoms with Gasteiger partial charge in [-0.3, -0.25) is 0 Å². The van der Waals surface area contributed by atoms with Crippen LogP contribution in [0.2, 0.25) is 0 Å². The Labute approximate surface area is 140 Å². The lowest BCUT2D eigenvalue weighted by atomic mass is 9.97. The molecule has 2 aromatic carbocycles. The van der Waals surface area contributed by atoms with Gasteiger partial charge in [0.05, 0.1) is 0 Å². The molecule has 5 N–H and O–H groups in total. The summed E-state index contributed by atoms with van der Waals surface area (Å²) in [7, 11) is 0. The zero-order chi connectivity index (χ0) is 17.9. The van der Waals surface area contributed by atoms with Gasteiger partial charge in [-0.25, -0.2) is 9.18 Å². The van der Waals surface area contributed by atoms with E-state index < -0.39 is 11.8 Å². The van der Waals surface area contributed by atoms with Gasteiger partial charge in [0.2, 0.25) is 0 Å². The molecule has 0 saturated carbocycles. The molecule has 0 aromatic heterocycles. The van der Waals surface area contributed by atoms with Gasteiger partial charge in [-0.2, -0.15) is 4.99 Å². The summed E-state index contributed by atoms with van der Waals surface area (Å²) in [5, 5.41) is 2.51. The third kappa shape index (κ3) is 3.78. The number of halogens is 1. The highest BCUT2D eigenvalue weighted by molar-refractivity contribution is 6.08. The Morgan fingerprint density at radius 1 is 1.17 bits per heavy atom. The van der Waals surface area contributed by atoms with Crippen LogP contribution in [0.1, 0.15) is 27.8 Å². The Kier molecular flexibility index (Phi) is 5.31. The average Bonchev–Trinajstić information content (AvgIpc) is 2.51. The van der Waals surface area contributed by atoms with Crippen molar-refractivity contribution in [3.8, 4) is 0 Å². The van der Waals surface area contributed by atoms with Gasteiger partial charge in [0.15, 0.2) is 0 Å². The Bertz CT molecular complexity index is 815. The number of hydrogen-bond donors (Lipinski definition) is 3. The number of urea groups is 1. The number of rotatable bonds is 3. The van der Waals surface area contributed by atoms with E-state index in [-0.39, 0.29) is 5.84 Å². The van der Waals surface area contributed by atoms with Gasteiger partial charge in [-0.05, 0) is 55.2 Å². The van der Waals surface area contributed by atoms with Crippen molar-refractivity contribution in [1.82, 2.24) is 0 Å². The molecule has 2 aromatic rings. The molecule has 0 bridgehead atoms. The molecule has 2 amide bonds. The zero-order valence-electron chi connectivity index (χ0n) is 14.0. The molecule has 0 aliphatic carbocycles. The largest absolute Gasteiger partial charge is 0.383 e. The first-order chi connectivity index (χ1) is 11.3. The fourth-order valence-corrected chi connectivity index (χ4v) is 2.49. The molecule has 2 rings (SSSR count). The molecule has 5 nitrogen and oxygen atoms in total. The van der Waals surface area contributed by atoms with Gasteiger partial charge in [0.1, 0.15) is 11.7 Å². The summed E-state index contributed by atoms with van der Waals surface area (Å²) in [4.78, 5) is 15.9. The zero-order valence-corrected chi connectivity index (χ0v) is 14.0. The number of hydrogen-bond acceptors (Lipinski definition) is 2. The van der Waals surface area contributed by atoms with Crippen molar-refractivity contribution in [2.75, 3.05) is 5.32 Å². The number of amidine groups is 1. The van der Waals surface area contributed by atoms with E-state index in [2.05, 4.69) is 10.3 Å². The number of nitrogens with zero attached hydrogens (tertiary/aromatic N) is 1. The van der Waals surface area contributed by atoms with Gasteiger partial charge < -0.3 is 16.8 Å². The van der Waals surface area contributed by atoms with Crippen LogP contribution < -0.4 is 16.8 Å². The molecule has 0 atom stereocenters. The number of amides is 2. The maximum Gasteiger partial charge on any atom is 0.347 e. The van der Waals surface area contributed by atoms with Crippen molar-refractivity contribution in [2.45, 2.75) is 27.3 Å². The minimum Gasteiger partial charge on any atom is -0.383 e. The Balaban J connectivity index is 2.27. The predicted octanol–water partition coefficient (Wildman–Crippen LogP) is 3.15. The summed E-state index contributed by atoms with van der Waals surface area (Å²) in [6.45, 7) is 5.80. The van der Waals surface area contributed by atoms with Crippen molar-refractivity contribution in [3.05, 3.63) is 64.0 Å². The van der Waals surface area contributed by atoms with Crippen molar-refractivity contribution < 1.29 is 9.18 Å². The third-order valence-electron chi connectivity index (χ3n) is 3.91. The monoisotopic (exact) mass is 328 g/mol. The first-order valence-corrected chi connectivity index (χ1v) is 7.54. The summed E-state index contributed by atoms with van der Waals surface area (Å²) in [6, 6.07) is 7.58. The molecule has 0 spiro atoms. The van der Waals surface area contributed by atoms with E-state index in [1.807, 2.05) is 26.0 Å². The first kappa shape index (κ1) is 17.6. The van der Waals surface area contributed by atoms with E-state index in [1.165, 1.54) is 6.07 Å². The molecule has 0 aliphatic rings. The Morgan fingerprint density at radius 2 is 1.83 bits per heavy atom. The molecular formula is C18H21FN4O. The van der Waals surface area contributed by atoms with Crippen molar-refractivity contribution in [1.29, 1.82) is 0 Å². The standard InChI is InChI=1S/C18H21FN4O/c1-10-5-7-14(8-15(10)19)22-18(24)23-17(21)16-11(2)4-6-13(9-20)12(16)3/h4-8H,9,20H2,1-3H3,(H3,21,22,23,24). The van der Waals surface area contributed by atoms with Crippen LogP contribution in [0, 0.1) is 26.6 Å². The number of carbonyl (C=O) groups excluding carboxylic acids is 1. The lowest BCUT2D eigenvalue weighted by Crippen LogP contribution is -2.21. The van der Waals surface area contributed by atoms with E-state index in [9.17, 15) is 9.18 Å². The SMILES string of the molecule is Cc1ccc(NC(=O)/N=C(\N)c2c(C)ccc(CN)c2C)cc1F. The summed E-state index contributed by atoms with van der Waals surface area (Å²) >= 11 is 0. The summed E-state index contributed by atoms with van der Waals surface area (Å²) in [5.74, 6) is -0.294. The molecule has 0 fully saturated rings. The van der Waals surface area contributed by atoms with E-state index in [0.717, 1.165) is 16.7 Å². The smallest absolute Gasteiger partial charge is 0.347 e. The van der Waals surface area contributed by atoms with Crippen LogP contribution in [0.3, 0.4) is 0 Å². The van der Waals surface area contributed by atoms with Crippen LogP contribution >= 0.6 is 0 Å². The number of benzene rings is 2. The third-order valence-corrected chi connectivity index (χ3v) is 3.91. The minimum absolute atomic E-state index is 0.102. The summed E-state index contributed by atoms with van der Waals surface area (Å²) in [5.41, 5.74) is 16.0. The molecular weight excluding hydrogens is 307 g/mol. The van der Waals surface area contributed by atoms with Crippen LogP contribution in [-0.2, 0) is 6.54 Å². The highest BCUT2D eigenvalue weighted by atomic mass is 19.1. The second kappa shape index (κ2) is 7.23.